The molecule has 0 saturated carbocycles. The summed E-state index contributed by atoms with van der Waals surface area (Å²) in [6.45, 7) is 3.90. The lowest BCUT2D eigenvalue weighted by atomic mass is 9.86. The molecule has 2 aromatic heterocycles. The third kappa shape index (κ3) is 4.87. The summed E-state index contributed by atoms with van der Waals surface area (Å²) < 4.78 is 17.2. The van der Waals surface area contributed by atoms with E-state index in [2.05, 4.69) is 15.9 Å². The lowest BCUT2D eigenvalue weighted by molar-refractivity contribution is 0.206. The average molecular weight is 614 g/mol. The third-order valence-electron chi connectivity index (χ3n) is 6.39. The zero-order valence-corrected chi connectivity index (χ0v) is 24.7. The third-order valence-corrected chi connectivity index (χ3v) is 8.08. The van der Waals surface area contributed by atoms with Gasteiger partial charge in [-0.25, -0.2) is 0 Å². The molecular formula is C24H29BrN4O6S2. The normalized spacial score (nSPS) is 12.1. The zero-order chi connectivity index (χ0) is 27.9. The highest BCUT2D eigenvalue weighted by Gasteiger charge is 2.33. The number of ether oxygens (including phenoxy) is 2. The van der Waals surface area contributed by atoms with Crippen molar-refractivity contribution in [3.63, 3.8) is 0 Å². The van der Waals surface area contributed by atoms with Crippen molar-refractivity contribution in [3.05, 3.63) is 63.5 Å². The molecule has 0 saturated heterocycles. The Bertz CT molecular complexity index is 1540. The molecule has 2 N–H and O–H groups in total. The molecule has 0 aliphatic carbocycles. The highest BCUT2D eigenvalue weighted by molar-refractivity contribution is 9.10. The molecule has 0 amide bonds. The highest BCUT2D eigenvalue weighted by Crippen LogP contribution is 2.44. The summed E-state index contributed by atoms with van der Waals surface area (Å²) in [6, 6.07) is 3.26. The molecule has 1 aromatic carbocycles. The van der Waals surface area contributed by atoms with Crippen molar-refractivity contribution in [2.75, 3.05) is 7.11 Å². The Kier molecular flexibility index (Phi) is 8.40. The van der Waals surface area contributed by atoms with Crippen LogP contribution in [0.1, 0.15) is 42.9 Å². The summed E-state index contributed by atoms with van der Waals surface area (Å²) in [5, 5.41) is 22.3. The Hall–Kier alpha value is -2.90. The molecule has 0 fully saturated rings. The number of aromatic hydroxyl groups is 2. The molecule has 0 aliphatic heterocycles. The first-order valence-electron chi connectivity index (χ1n) is 11.3. The van der Waals surface area contributed by atoms with Crippen LogP contribution in [0.3, 0.4) is 0 Å². The Balaban J connectivity index is 2.55. The van der Waals surface area contributed by atoms with E-state index in [1.54, 1.807) is 12.1 Å². The van der Waals surface area contributed by atoms with Crippen molar-refractivity contribution in [2.24, 2.45) is 28.2 Å². The Morgan fingerprint density at radius 2 is 1.38 bits per heavy atom. The second-order valence-electron chi connectivity index (χ2n) is 8.69. The lowest BCUT2D eigenvalue weighted by Gasteiger charge is -2.25. The average Bonchev–Trinajstić information content (AvgIpc) is 2.88. The lowest BCUT2D eigenvalue weighted by Crippen LogP contribution is -2.33. The smallest absolute Gasteiger partial charge is 0.262 e. The van der Waals surface area contributed by atoms with Crippen LogP contribution in [-0.2, 0) is 28.2 Å². The summed E-state index contributed by atoms with van der Waals surface area (Å²) in [6.07, 6.45) is 0.638. The first-order chi connectivity index (χ1) is 17.3. The molecule has 2 heterocycles. The van der Waals surface area contributed by atoms with Crippen molar-refractivity contribution < 1.29 is 19.7 Å². The zero-order valence-electron chi connectivity index (χ0n) is 21.5. The highest BCUT2D eigenvalue weighted by atomic mass is 79.9. The van der Waals surface area contributed by atoms with Gasteiger partial charge in [0, 0.05) is 28.2 Å². The van der Waals surface area contributed by atoms with Crippen LogP contribution in [0.2, 0.25) is 0 Å². The number of halogens is 1. The number of methoxy groups -OCH3 is 1. The summed E-state index contributed by atoms with van der Waals surface area (Å²) in [7, 11) is 7.40. The SMILES string of the molecule is CC[C@@H](C)Oc1c(Br)cc(C(c2c(O)n(C)c(=S)n(C)c2=O)c2c(O)n(C)c(=S)n(C)c2=O)cc1OC. The van der Waals surface area contributed by atoms with Crippen LogP contribution in [0.5, 0.6) is 23.3 Å². The maximum absolute atomic E-state index is 13.5. The van der Waals surface area contributed by atoms with Gasteiger partial charge >= 0.3 is 0 Å². The van der Waals surface area contributed by atoms with Gasteiger partial charge in [-0.3, -0.25) is 27.9 Å². The van der Waals surface area contributed by atoms with E-state index < -0.39 is 28.8 Å². The van der Waals surface area contributed by atoms with E-state index in [4.69, 9.17) is 33.9 Å². The van der Waals surface area contributed by atoms with E-state index in [1.165, 1.54) is 53.6 Å². The van der Waals surface area contributed by atoms with Crippen LogP contribution < -0.4 is 20.6 Å². The van der Waals surface area contributed by atoms with Gasteiger partial charge in [-0.2, -0.15) is 0 Å². The fourth-order valence-corrected chi connectivity index (χ4v) is 4.90. The molecule has 13 heteroatoms. The van der Waals surface area contributed by atoms with Crippen molar-refractivity contribution in [2.45, 2.75) is 32.3 Å². The van der Waals surface area contributed by atoms with Gasteiger partial charge in [-0.15, -0.1) is 0 Å². The standard InChI is InChI=1S/C24H29BrN4O6S2/c1-8-11(2)35-18-13(25)9-12(10-14(18)34-7)15(16-19(30)26(3)23(36)27(4)20(16)31)17-21(32)28(5)24(37)29(6)22(17)33/h9-11,15,30,32H,8H2,1-7H3/t11-/m1/s1. The first kappa shape index (κ1) is 28.7. The Labute approximate surface area is 232 Å². The molecule has 10 nitrogen and oxygen atoms in total. The molecule has 3 aromatic rings. The van der Waals surface area contributed by atoms with Gasteiger partial charge in [0.1, 0.15) is 0 Å². The monoisotopic (exact) mass is 612 g/mol. The molecule has 3 rings (SSSR count). The van der Waals surface area contributed by atoms with Crippen LogP contribution in [0.25, 0.3) is 0 Å². The van der Waals surface area contributed by atoms with Crippen molar-refractivity contribution in [3.8, 4) is 23.3 Å². The van der Waals surface area contributed by atoms with Crippen molar-refractivity contribution in [1.29, 1.82) is 0 Å². The van der Waals surface area contributed by atoms with Crippen molar-refractivity contribution in [1.82, 2.24) is 18.3 Å². The van der Waals surface area contributed by atoms with E-state index in [0.29, 0.717) is 21.5 Å². The summed E-state index contributed by atoms with van der Waals surface area (Å²) in [4.78, 5) is 27.1. The van der Waals surface area contributed by atoms with E-state index in [0.717, 1.165) is 6.42 Å². The molecule has 1 atom stereocenters. The second kappa shape index (κ2) is 10.8. The fourth-order valence-electron chi connectivity index (χ4n) is 4.01. The van der Waals surface area contributed by atoms with Gasteiger partial charge in [0.05, 0.1) is 34.7 Å². The van der Waals surface area contributed by atoms with Crippen LogP contribution >= 0.6 is 40.4 Å². The van der Waals surface area contributed by atoms with Crippen LogP contribution in [0.4, 0.5) is 0 Å². The van der Waals surface area contributed by atoms with E-state index >= 15 is 0 Å². The minimum atomic E-state index is -1.23. The molecule has 0 radical (unpaired) electrons. The summed E-state index contributed by atoms with van der Waals surface area (Å²) in [5.74, 6) is -1.36. The molecular weight excluding hydrogens is 584 g/mol. The van der Waals surface area contributed by atoms with Crippen LogP contribution in [-0.4, -0.2) is 41.7 Å². The quantitative estimate of drug-likeness (QED) is 0.388. The van der Waals surface area contributed by atoms with E-state index in [1.807, 2.05) is 13.8 Å². The maximum atomic E-state index is 13.5. The number of aromatic nitrogens is 4. The van der Waals surface area contributed by atoms with Gasteiger partial charge in [0.25, 0.3) is 11.1 Å². The maximum Gasteiger partial charge on any atom is 0.262 e. The molecule has 200 valence electrons. The van der Waals surface area contributed by atoms with Crippen LogP contribution in [0.15, 0.2) is 26.2 Å². The molecule has 0 spiro atoms. The minimum Gasteiger partial charge on any atom is -0.494 e. The van der Waals surface area contributed by atoms with Gasteiger partial charge in [0.15, 0.2) is 21.0 Å². The number of rotatable bonds is 7. The van der Waals surface area contributed by atoms with E-state index in [9.17, 15) is 19.8 Å². The number of benzene rings is 1. The van der Waals surface area contributed by atoms with Gasteiger partial charge in [0.2, 0.25) is 11.8 Å². The fraction of sp³-hybridized carbons (Fsp3) is 0.417. The Morgan fingerprint density at radius 1 is 0.919 bits per heavy atom. The largest absolute Gasteiger partial charge is 0.494 e. The predicted octanol–water partition coefficient (Wildman–Crippen LogP) is 3.76. The van der Waals surface area contributed by atoms with Crippen molar-refractivity contribution >= 4 is 40.4 Å². The molecule has 0 aliphatic rings. The van der Waals surface area contributed by atoms with Gasteiger partial charge in [-0.1, -0.05) is 6.92 Å². The molecule has 0 unspecified atom stereocenters. The molecule has 0 bridgehead atoms. The Morgan fingerprint density at radius 3 is 1.78 bits per heavy atom. The predicted molar refractivity (Wildman–Crippen MR) is 148 cm³/mol. The first-order valence-corrected chi connectivity index (χ1v) is 12.9. The van der Waals surface area contributed by atoms with E-state index in [-0.39, 0.29) is 26.8 Å². The summed E-state index contributed by atoms with van der Waals surface area (Å²) in [5.41, 5.74) is -1.21. The molecule has 37 heavy (non-hydrogen) atoms. The minimum absolute atomic E-state index is 0.0737. The number of nitrogens with zero attached hydrogens (tertiary/aromatic N) is 4. The second-order valence-corrected chi connectivity index (χ2v) is 10.3. The topological polar surface area (TPSA) is 113 Å². The van der Waals surface area contributed by atoms with Gasteiger partial charge in [-0.05, 0) is 71.4 Å². The summed E-state index contributed by atoms with van der Waals surface area (Å²) >= 11 is 14.1. The van der Waals surface area contributed by atoms with Crippen LogP contribution in [0, 0.1) is 9.54 Å². The number of hydrogen-bond donors (Lipinski definition) is 2. The van der Waals surface area contributed by atoms with Gasteiger partial charge < -0.3 is 19.7 Å². The number of hydrogen-bond acceptors (Lipinski definition) is 8.